The summed E-state index contributed by atoms with van der Waals surface area (Å²) < 4.78 is 118. The summed E-state index contributed by atoms with van der Waals surface area (Å²) >= 11 is 5.68. The fraction of sp³-hybridized carbons (Fsp3) is 0.450. The number of nitrogens with zero attached hydrogens (tertiary/aromatic N) is 3. The fourth-order valence-electron chi connectivity index (χ4n) is 2.29. The van der Waals surface area contributed by atoms with Crippen LogP contribution in [-0.2, 0) is 6.37 Å². The Bertz CT molecular complexity index is 1230. The summed E-state index contributed by atoms with van der Waals surface area (Å²) in [5, 5.41) is -0.455. The van der Waals surface area contributed by atoms with E-state index >= 15 is 4.39 Å². The zero-order valence-electron chi connectivity index (χ0n) is 24.9. The van der Waals surface area contributed by atoms with Gasteiger partial charge in [-0.2, -0.15) is 0 Å². The number of piperidine rings is 1. The van der Waals surface area contributed by atoms with Crippen LogP contribution < -0.4 is 0 Å². The first-order chi connectivity index (χ1) is 17.1. The summed E-state index contributed by atoms with van der Waals surface area (Å²) in [4.78, 5) is 20.5. The number of likely N-dealkylation sites (tertiary alicyclic amines) is 1. The van der Waals surface area contributed by atoms with Crippen molar-refractivity contribution in [3.8, 4) is 0 Å². The van der Waals surface area contributed by atoms with Gasteiger partial charge in [0.15, 0.2) is 0 Å². The van der Waals surface area contributed by atoms with Gasteiger partial charge in [0.1, 0.15) is 17.3 Å². The Kier molecular flexibility index (Phi) is 3.05. The molecule has 0 bridgehead atoms. The molecule has 1 saturated heterocycles. The van der Waals surface area contributed by atoms with Crippen molar-refractivity contribution in [2.24, 2.45) is 0 Å². The molecular formula is C20H22ClF2N3O. The van der Waals surface area contributed by atoms with Crippen molar-refractivity contribution < 1.29 is 28.7 Å². The molecule has 1 unspecified atom stereocenters. The Morgan fingerprint density at radius 2 is 2.26 bits per heavy atom. The first-order valence-corrected chi connectivity index (χ1v) is 8.25. The van der Waals surface area contributed by atoms with E-state index in [0.717, 1.165) is 30.6 Å². The summed E-state index contributed by atoms with van der Waals surface area (Å²) in [7, 11) is 0. The van der Waals surface area contributed by atoms with Gasteiger partial charge in [-0.25, -0.2) is 18.7 Å². The number of rotatable bonds is 5. The van der Waals surface area contributed by atoms with Crippen LogP contribution in [-0.4, -0.2) is 39.5 Å². The van der Waals surface area contributed by atoms with Crippen LogP contribution in [0, 0.1) is 12.7 Å². The van der Waals surface area contributed by atoms with Crippen LogP contribution in [0.25, 0.3) is 0 Å². The van der Waals surface area contributed by atoms with Gasteiger partial charge in [0.25, 0.3) is 5.91 Å². The van der Waals surface area contributed by atoms with E-state index in [9.17, 15) is 9.18 Å². The monoisotopic (exact) mass is 404 g/mol. The van der Waals surface area contributed by atoms with E-state index < -0.39 is 80.1 Å². The maximum atomic E-state index is 16.4. The minimum atomic E-state index is -3.71. The Morgan fingerprint density at radius 1 is 1.48 bits per heavy atom. The van der Waals surface area contributed by atoms with Gasteiger partial charge in [-0.1, -0.05) is 11.6 Å². The van der Waals surface area contributed by atoms with Crippen LogP contribution in [0.4, 0.5) is 8.78 Å². The maximum absolute atomic E-state index is 16.4. The maximum Gasteiger partial charge on any atom is 0.253 e. The molecule has 1 amide bonds. The third kappa shape index (κ3) is 5.01. The van der Waals surface area contributed by atoms with E-state index in [2.05, 4.69) is 9.97 Å². The van der Waals surface area contributed by atoms with Crippen LogP contribution in [0.15, 0.2) is 30.6 Å². The number of alkyl halides is 1. The molecule has 4 nitrogen and oxygen atoms in total. The highest BCUT2D eigenvalue weighted by Gasteiger charge is 2.35. The van der Waals surface area contributed by atoms with E-state index in [1.54, 1.807) is 0 Å². The van der Waals surface area contributed by atoms with E-state index in [1.807, 2.05) is 0 Å². The SMILES string of the molecule is [2H]C([2H])([2H])c1cnc(C([2H])([2H])CC([2H])([2H])C2(F)CCN(C(=O)c3ccc(F)c(Cl)c3)C([2H])([2H])C2([2H])[2H])nc1. The zero-order valence-corrected chi connectivity index (χ0v) is 14.6. The van der Waals surface area contributed by atoms with Gasteiger partial charge in [0.2, 0.25) is 0 Å². The molecule has 1 atom stereocenters. The predicted molar refractivity (Wildman–Crippen MR) is 100 cm³/mol. The van der Waals surface area contributed by atoms with Gasteiger partial charge < -0.3 is 4.90 Å². The highest BCUT2D eigenvalue weighted by Crippen LogP contribution is 2.32. The van der Waals surface area contributed by atoms with Crippen LogP contribution in [0.2, 0.25) is 5.02 Å². The topological polar surface area (TPSA) is 46.1 Å². The van der Waals surface area contributed by atoms with Crippen molar-refractivity contribution in [1.29, 1.82) is 0 Å². The second kappa shape index (κ2) is 8.30. The molecule has 0 spiro atoms. The van der Waals surface area contributed by atoms with Gasteiger partial charge in [0, 0.05) is 52.5 Å². The second-order valence-corrected chi connectivity index (χ2v) is 6.11. The van der Waals surface area contributed by atoms with E-state index in [4.69, 9.17) is 26.7 Å². The largest absolute Gasteiger partial charge is 0.338 e. The summed E-state index contributed by atoms with van der Waals surface area (Å²) in [5.41, 5.74) is -4.27. The third-order valence-corrected chi connectivity index (χ3v) is 4.04. The molecule has 1 aromatic heterocycles. The van der Waals surface area contributed by atoms with Crippen molar-refractivity contribution in [2.75, 3.05) is 13.0 Å². The standard InChI is InChI=1S/C20H22ClF2N3O/c1-14-12-24-18(25-13-14)3-2-6-20(23)7-9-26(10-8-20)19(27)15-4-5-17(22)16(21)11-15/h4-5,11-13H,2-3,6-10H2,1H3/i1D3,3D2,6D2,7D2,9D2. The zero-order chi connectivity index (χ0) is 29.1. The number of hydrogen-bond donors (Lipinski definition) is 0. The first kappa shape index (κ1) is 9.92. The molecule has 2 aromatic rings. The summed E-state index contributed by atoms with van der Waals surface area (Å²) in [5.74, 6) is -2.67. The smallest absolute Gasteiger partial charge is 0.253 e. The van der Waals surface area contributed by atoms with E-state index in [0.29, 0.717) is 4.90 Å². The highest BCUT2D eigenvalue weighted by atomic mass is 35.5. The molecule has 0 saturated carbocycles. The molecule has 1 aliphatic heterocycles. The minimum Gasteiger partial charge on any atom is -0.338 e. The lowest BCUT2D eigenvalue weighted by atomic mass is 9.88. The molecular weight excluding hydrogens is 372 g/mol. The van der Waals surface area contributed by atoms with Crippen molar-refractivity contribution in [3.63, 3.8) is 0 Å². The number of aromatic nitrogens is 2. The average Bonchev–Trinajstić information content (AvgIpc) is 2.78. The number of halogens is 3. The number of carbonyl (C=O) groups excluding carboxylic acids is 1. The summed E-state index contributed by atoms with van der Waals surface area (Å²) in [6.07, 6.45) is -10.7. The lowest BCUT2D eigenvalue weighted by molar-refractivity contribution is 0.0389. The quantitative estimate of drug-likeness (QED) is 0.734. The van der Waals surface area contributed by atoms with Crippen molar-refractivity contribution in [2.45, 2.75) is 44.5 Å². The fourth-order valence-corrected chi connectivity index (χ4v) is 2.47. The van der Waals surface area contributed by atoms with Gasteiger partial charge >= 0.3 is 0 Å². The van der Waals surface area contributed by atoms with Crippen LogP contribution in [0.5, 0.6) is 0 Å². The molecule has 3 rings (SSSR count). The van der Waals surface area contributed by atoms with Crippen LogP contribution >= 0.6 is 11.6 Å². The van der Waals surface area contributed by atoms with Gasteiger partial charge in [-0.05, 0) is 56.2 Å². The lowest BCUT2D eigenvalue weighted by Crippen LogP contribution is -2.44. The molecule has 2 heterocycles. The lowest BCUT2D eigenvalue weighted by Gasteiger charge is -2.36. The van der Waals surface area contributed by atoms with Gasteiger partial charge in [0.05, 0.1) is 5.02 Å². The minimum absolute atomic E-state index is 0.306. The number of amides is 1. The predicted octanol–water partition coefficient (Wildman–Crippen LogP) is 4.54. The average molecular weight is 405 g/mol. The first-order valence-electron chi connectivity index (χ1n) is 13.4. The van der Waals surface area contributed by atoms with E-state index in [1.165, 1.54) is 0 Å². The molecule has 1 aliphatic rings. The normalized spacial score (nSPS) is 31.2. The van der Waals surface area contributed by atoms with Crippen LogP contribution in [0.3, 0.4) is 0 Å². The molecule has 27 heavy (non-hydrogen) atoms. The molecule has 144 valence electrons. The molecule has 1 fully saturated rings. The Balaban J connectivity index is 1.93. The Labute approximate surface area is 178 Å². The number of benzene rings is 1. The van der Waals surface area contributed by atoms with Gasteiger partial charge in [-0.3, -0.25) is 4.79 Å². The van der Waals surface area contributed by atoms with Gasteiger partial charge in [-0.15, -0.1) is 0 Å². The van der Waals surface area contributed by atoms with E-state index in [-0.39, 0.29) is 11.1 Å². The summed E-state index contributed by atoms with van der Waals surface area (Å²) in [6.45, 7) is -6.83. The number of hydrogen-bond acceptors (Lipinski definition) is 3. The third-order valence-electron chi connectivity index (χ3n) is 3.75. The Hall–Kier alpha value is -2.08. The molecule has 0 N–H and O–H groups in total. The van der Waals surface area contributed by atoms with Crippen molar-refractivity contribution >= 4 is 17.5 Å². The molecule has 7 heteroatoms. The number of carbonyl (C=O) groups is 1. The van der Waals surface area contributed by atoms with Crippen LogP contribution in [0.1, 0.15) is 62.4 Å². The van der Waals surface area contributed by atoms with Crippen molar-refractivity contribution in [1.82, 2.24) is 14.9 Å². The molecule has 0 radical (unpaired) electrons. The van der Waals surface area contributed by atoms with Crippen molar-refractivity contribution in [3.05, 3.63) is 58.4 Å². The highest BCUT2D eigenvalue weighted by molar-refractivity contribution is 6.31. The molecule has 1 aromatic carbocycles. The molecule has 0 aliphatic carbocycles. The summed E-state index contributed by atoms with van der Waals surface area (Å²) in [6, 6.07) is 2.72. The number of aryl methyl sites for hydroxylation is 2. The Morgan fingerprint density at radius 3 is 2.96 bits per heavy atom. The second-order valence-electron chi connectivity index (χ2n) is 5.70.